The molecule has 7 heteroatoms. The lowest BCUT2D eigenvalue weighted by atomic mass is 9.77. The molecule has 0 aromatic heterocycles. The summed E-state index contributed by atoms with van der Waals surface area (Å²) in [7, 11) is 0. The molecule has 224 valence electrons. The van der Waals surface area contributed by atoms with Gasteiger partial charge in [0, 0.05) is 44.5 Å². The number of nitrogen functional groups attached to an aromatic ring is 1. The minimum Gasteiger partial charge on any atom is -0.454 e. The third-order valence-electron chi connectivity index (χ3n) is 8.67. The number of esters is 1. The van der Waals surface area contributed by atoms with Gasteiger partial charge in [-0.3, -0.25) is 0 Å². The van der Waals surface area contributed by atoms with Crippen molar-refractivity contribution >= 4 is 46.0 Å². The van der Waals surface area contributed by atoms with Crippen LogP contribution in [0.25, 0.3) is 11.1 Å². The first-order chi connectivity index (χ1) is 22.4. The van der Waals surface area contributed by atoms with Crippen molar-refractivity contribution in [2.45, 2.75) is 12.5 Å². The van der Waals surface area contributed by atoms with Crippen LogP contribution in [0.2, 0.25) is 5.02 Å². The second kappa shape index (κ2) is 10.7. The number of hydrogen-bond donors (Lipinski definition) is 3. The van der Waals surface area contributed by atoms with E-state index in [0.717, 1.165) is 44.9 Å². The maximum atomic E-state index is 13.3. The number of carbonyl (C=O) groups excluding carboxylic acids is 1. The molecule has 0 saturated heterocycles. The van der Waals surface area contributed by atoms with E-state index in [4.69, 9.17) is 26.8 Å². The van der Waals surface area contributed by atoms with Crippen molar-refractivity contribution in [3.63, 3.8) is 0 Å². The Morgan fingerprint density at radius 2 is 1.39 bits per heavy atom. The Kier molecular flexibility index (Phi) is 6.48. The summed E-state index contributed by atoms with van der Waals surface area (Å²) in [5.41, 5.74) is 14.5. The maximum absolute atomic E-state index is 13.3. The molecule has 0 fully saturated rings. The molecular formula is C39H28ClN3O3. The van der Waals surface area contributed by atoms with Crippen molar-refractivity contribution in [3.05, 3.63) is 160 Å². The number of nitrogens with two attached hydrogens (primary N) is 1. The molecule has 2 heterocycles. The first kappa shape index (κ1) is 27.8. The Morgan fingerprint density at radius 3 is 2.20 bits per heavy atom. The van der Waals surface area contributed by atoms with Crippen molar-refractivity contribution in [1.29, 1.82) is 0 Å². The van der Waals surface area contributed by atoms with E-state index in [1.54, 1.807) is 6.07 Å². The van der Waals surface area contributed by atoms with Gasteiger partial charge < -0.3 is 25.8 Å². The Labute approximate surface area is 271 Å². The van der Waals surface area contributed by atoms with E-state index < -0.39 is 11.6 Å². The van der Waals surface area contributed by atoms with Crippen LogP contribution >= 0.6 is 11.6 Å². The summed E-state index contributed by atoms with van der Waals surface area (Å²) >= 11 is 6.97. The molecule has 1 atom stereocenters. The summed E-state index contributed by atoms with van der Waals surface area (Å²) < 4.78 is 13.0. The van der Waals surface area contributed by atoms with Gasteiger partial charge in [-0.2, -0.15) is 0 Å². The van der Waals surface area contributed by atoms with Crippen LogP contribution in [-0.4, -0.2) is 5.97 Å². The number of benzene rings is 6. The van der Waals surface area contributed by atoms with E-state index in [-0.39, 0.29) is 0 Å². The summed E-state index contributed by atoms with van der Waals surface area (Å²) in [6, 6.07) is 41.0. The topological polar surface area (TPSA) is 85.6 Å². The summed E-state index contributed by atoms with van der Waals surface area (Å²) in [5, 5.41) is 7.58. The first-order valence-corrected chi connectivity index (χ1v) is 15.3. The molecule has 2 aliphatic rings. The average Bonchev–Trinajstić information content (AvgIpc) is 3.38. The highest BCUT2D eigenvalue weighted by Gasteiger charge is 2.54. The second-order valence-electron chi connectivity index (χ2n) is 11.4. The first-order valence-electron chi connectivity index (χ1n) is 15.0. The number of anilines is 5. The average molecular weight is 622 g/mol. The lowest BCUT2D eigenvalue weighted by Gasteiger charge is -2.38. The van der Waals surface area contributed by atoms with Crippen LogP contribution in [0, 0.1) is 6.92 Å². The van der Waals surface area contributed by atoms with Crippen LogP contribution in [-0.2, 0) is 10.3 Å². The van der Waals surface area contributed by atoms with Crippen LogP contribution in [0.4, 0.5) is 28.4 Å². The van der Waals surface area contributed by atoms with E-state index in [1.807, 2.05) is 116 Å². The quantitative estimate of drug-likeness (QED) is 0.131. The number of para-hydroxylation sites is 2. The predicted octanol–water partition coefficient (Wildman–Crippen LogP) is 9.95. The third-order valence-corrected chi connectivity index (χ3v) is 9.06. The zero-order valence-electron chi connectivity index (χ0n) is 24.8. The number of fused-ring (bicyclic) bond motifs is 6. The van der Waals surface area contributed by atoms with Gasteiger partial charge in [-0.25, -0.2) is 4.79 Å². The van der Waals surface area contributed by atoms with Crippen molar-refractivity contribution in [3.8, 4) is 22.6 Å². The van der Waals surface area contributed by atoms with Gasteiger partial charge in [0.15, 0.2) is 11.4 Å². The maximum Gasteiger partial charge on any atom is 0.340 e. The highest BCUT2D eigenvalue weighted by Crippen LogP contribution is 2.59. The van der Waals surface area contributed by atoms with Crippen molar-refractivity contribution in [2.24, 2.45) is 0 Å². The molecule has 0 amide bonds. The fraction of sp³-hybridized carbons (Fsp3) is 0.0513. The minimum atomic E-state index is -1.23. The predicted molar refractivity (Wildman–Crippen MR) is 184 cm³/mol. The van der Waals surface area contributed by atoms with E-state index in [1.165, 1.54) is 0 Å². The monoisotopic (exact) mass is 621 g/mol. The van der Waals surface area contributed by atoms with Crippen LogP contribution < -0.4 is 21.1 Å². The van der Waals surface area contributed by atoms with Gasteiger partial charge in [-0.15, -0.1) is 0 Å². The molecule has 4 N–H and O–H groups in total. The standard InChI is InChI=1S/C39H28ClN3O3/c1-23-33(40)22-32-37(45-35-14-8-7-13-31(35)39(32)30-12-6-5-11-28(30)38(44)46-39)36(23)43-34-20-17-25(41)21-29(34)24-15-18-27(19-16-24)42-26-9-3-2-4-10-26/h2-22,42-43H,41H2,1H3. The van der Waals surface area contributed by atoms with E-state index in [2.05, 4.69) is 22.8 Å². The van der Waals surface area contributed by atoms with Crippen LogP contribution in [0.15, 0.2) is 127 Å². The van der Waals surface area contributed by atoms with Gasteiger partial charge >= 0.3 is 5.97 Å². The number of carbonyl (C=O) groups is 1. The summed E-state index contributed by atoms with van der Waals surface area (Å²) in [4.78, 5) is 13.3. The zero-order valence-corrected chi connectivity index (χ0v) is 25.6. The number of nitrogens with one attached hydrogen (secondary N) is 2. The molecular weight excluding hydrogens is 594 g/mol. The van der Waals surface area contributed by atoms with Crippen molar-refractivity contribution in [2.75, 3.05) is 16.4 Å². The number of hydrogen-bond acceptors (Lipinski definition) is 6. The van der Waals surface area contributed by atoms with Gasteiger partial charge in [0.05, 0.1) is 16.8 Å². The molecule has 46 heavy (non-hydrogen) atoms. The van der Waals surface area contributed by atoms with Crippen LogP contribution in [0.3, 0.4) is 0 Å². The Balaban J connectivity index is 1.25. The molecule has 0 bridgehead atoms. The molecule has 0 aliphatic carbocycles. The molecule has 0 saturated carbocycles. The zero-order chi connectivity index (χ0) is 31.4. The highest BCUT2D eigenvalue weighted by atomic mass is 35.5. The Morgan fingerprint density at radius 1 is 0.696 bits per heavy atom. The van der Waals surface area contributed by atoms with Gasteiger partial charge in [-0.05, 0) is 78.7 Å². The number of ether oxygens (including phenoxy) is 2. The summed E-state index contributed by atoms with van der Waals surface area (Å²) in [6.07, 6.45) is 0. The smallest absolute Gasteiger partial charge is 0.340 e. The molecule has 1 unspecified atom stereocenters. The molecule has 0 radical (unpaired) electrons. The lowest BCUT2D eigenvalue weighted by molar-refractivity contribution is 0.0224. The SMILES string of the molecule is Cc1c(Cl)cc2c(c1Nc1ccc(N)cc1-c1ccc(Nc3ccccc3)cc1)Oc1ccccc1C21OC(=O)c2ccccc21. The van der Waals surface area contributed by atoms with E-state index in [9.17, 15) is 4.79 Å². The number of rotatable bonds is 5. The van der Waals surface area contributed by atoms with Crippen molar-refractivity contribution in [1.82, 2.24) is 0 Å². The van der Waals surface area contributed by atoms with Gasteiger partial charge in [0.1, 0.15) is 5.75 Å². The van der Waals surface area contributed by atoms with Crippen LogP contribution in [0.1, 0.15) is 32.6 Å². The molecule has 1 spiro atoms. The van der Waals surface area contributed by atoms with E-state index >= 15 is 0 Å². The largest absolute Gasteiger partial charge is 0.454 e. The minimum absolute atomic E-state index is 0.393. The summed E-state index contributed by atoms with van der Waals surface area (Å²) in [6.45, 7) is 1.94. The normalized spacial score (nSPS) is 15.7. The molecule has 2 aliphatic heterocycles. The van der Waals surface area contributed by atoms with Crippen LogP contribution in [0.5, 0.6) is 11.5 Å². The lowest BCUT2D eigenvalue weighted by Crippen LogP contribution is -2.33. The fourth-order valence-electron chi connectivity index (χ4n) is 6.43. The molecule has 6 aromatic rings. The Bertz CT molecular complexity index is 2170. The molecule has 8 rings (SSSR count). The molecule has 6 nitrogen and oxygen atoms in total. The number of halogens is 1. The van der Waals surface area contributed by atoms with Gasteiger partial charge in [-0.1, -0.05) is 78.3 Å². The fourth-order valence-corrected chi connectivity index (χ4v) is 6.63. The molecule has 6 aromatic carbocycles. The Hall–Kier alpha value is -5.72. The third kappa shape index (κ3) is 4.37. The summed E-state index contributed by atoms with van der Waals surface area (Å²) in [5.74, 6) is 0.745. The van der Waals surface area contributed by atoms with Crippen molar-refractivity contribution < 1.29 is 14.3 Å². The highest BCUT2D eigenvalue weighted by molar-refractivity contribution is 6.32. The second-order valence-corrected chi connectivity index (χ2v) is 11.9. The van der Waals surface area contributed by atoms with Gasteiger partial charge in [0.25, 0.3) is 0 Å². The van der Waals surface area contributed by atoms with E-state index in [0.29, 0.717) is 39.0 Å². The van der Waals surface area contributed by atoms with Gasteiger partial charge in [0.2, 0.25) is 0 Å².